The number of halogens is 1. The van der Waals surface area contributed by atoms with Gasteiger partial charge >= 0.3 is 5.97 Å². The van der Waals surface area contributed by atoms with Gasteiger partial charge in [-0.05, 0) is 17.2 Å². The van der Waals surface area contributed by atoms with Crippen LogP contribution in [0.15, 0.2) is 42.7 Å². The molecular weight excluding hydrogens is 252 g/mol. The molecule has 0 unspecified atom stereocenters. The summed E-state index contributed by atoms with van der Waals surface area (Å²) in [7, 11) is 0. The molecule has 0 aliphatic rings. The molecule has 5 heteroatoms. The van der Waals surface area contributed by atoms with Gasteiger partial charge in [0.05, 0.1) is 17.8 Å². The predicted octanol–water partition coefficient (Wildman–Crippen LogP) is 2.68. The van der Waals surface area contributed by atoms with Gasteiger partial charge in [-0.2, -0.15) is 5.10 Å². The lowest BCUT2D eigenvalue weighted by Crippen LogP contribution is -2.01. The van der Waals surface area contributed by atoms with Gasteiger partial charge in [0.2, 0.25) is 0 Å². The van der Waals surface area contributed by atoms with Crippen LogP contribution >= 0.6 is 11.6 Å². The Kier molecular flexibility index (Phi) is 3.79. The summed E-state index contributed by atoms with van der Waals surface area (Å²) < 4.78 is 1.70. The van der Waals surface area contributed by atoms with Crippen LogP contribution in [0.3, 0.4) is 0 Å². The molecule has 0 fully saturated rings. The number of benzene rings is 1. The third-order valence-electron chi connectivity index (χ3n) is 2.39. The number of carboxylic acids is 1. The summed E-state index contributed by atoms with van der Waals surface area (Å²) in [5, 5.41) is 13.3. The Bertz CT molecular complexity index is 590. The maximum absolute atomic E-state index is 10.5. The van der Waals surface area contributed by atoms with Crippen molar-refractivity contribution in [2.45, 2.75) is 6.54 Å². The Labute approximate surface area is 109 Å². The molecule has 0 spiro atoms. The van der Waals surface area contributed by atoms with Crippen molar-refractivity contribution in [2.75, 3.05) is 0 Å². The van der Waals surface area contributed by atoms with E-state index in [0.717, 1.165) is 17.2 Å². The third kappa shape index (κ3) is 3.21. The molecule has 2 aromatic rings. The van der Waals surface area contributed by atoms with Gasteiger partial charge in [0, 0.05) is 12.3 Å². The molecule has 0 amide bonds. The highest BCUT2D eigenvalue weighted by molar-refractivity contribution is 6.30. The SMILES string of the molecule is O=C(O)C=Cc1ccccc1Cn1cc(Cl)cn1. The number of aromatic nitrogens is 2. The second kappa shape index (κ2) is 5.51. The topological polar surface area (TPSA) is 55.1 Å². The van der Waals surface area contributed by atoms with Gasteiger partial charge in [0.1, 0.15) is 0 Å². The molecule has 92 valence electrons. The number of aliphatic carboxylic acids is 1. The molecule has 4 nitrogen and oxygen atoms in total. The summed E-state index contributed by atoms with van der Waals surface area (Å²) in [6, 6.07) is 7.55. The Morgan fingerprint density at radius 2 is 2.22 bits per heavy atom. The fourth-order valence-corrected chi connectivity index (χ4v) is 1.76. The average Bonchev–Trinajstić information content (AvgIpc) is 2.73. The summed E-state index contributed by atoms with van der Waals surface area (Å²) in [4.78, 5) is 10.5. The molecule has 0 bridgehead atoms. The third-order valence-corrected chi connectivity index (χ3v) is 2.59. The molecule has 1 aromatic carbocycles. The van der Waals surface area contributed by atoms with Gasteiger partial charge in [-0.15, -0.1) is 0 Å². The van der Waals surface area contributed by atoms with Crippen molar-refractivity contribution < 1.29 is 9.90 Å². The number of hydrogen-bond acceptors (Lipinski definition) is 2. The second-order valence-corrected chi connectivity index (χ2v) is 4.16. The molecule has 2 rings (SSSR count). The normalized spacial score (nSPS) is 10.9. The van der Waals surface area contributed by atoms with Crippen LogP contribution in [0.25, 0.3) is 6.08 Å². The van der Waals surface area contributed by atoms with Crippen LogP contribution in [-0.2, 0) is 11.3 Å². The first kappa shape index (κ1) is 12.4. The van der Waals surface area contributed by atoms with Crippen molar-refractivity contribution in [2.24, 2.45) is 0 Å². The van der Waals surface area contributed by atoms with Gasteiger partial charge < -0.3 is 5.11 Å². The molecule has 0 aliphatic carbocycles. The average molecular weight is 263 g/mol. The zero-order valence-corrected chi connectivity index (χ0v) is 10.2. The minimum Gasteiger partial charge on any atom is -0.478 e. The Hall–Kier alpha value is -2.07. The second-order valence-electron chi connectivity index (χ2n) is 3.73. The fraction of sp³-hybridized carbons (Fsp3) is 0.0769. The number of rotatable bonds is 4. The standard InChI is InChI=1S/C13H11ClN2O2/c14-12-7-15-16(9-12)8-11-4-2-1-3-10(11)5-6-13(17)18/h1-7,9H,8H2,(H,17,18). The monoisotopic (exact) mass is 262 g/mol. The first-order valence-electron chi connectivity index (χ1n) is 5.32. The number of hydrogen-bond donors (Lipinski definition) is 1. The highest BCUT2D eigenvalue weighted by Crippen LogP contribution is 2.13. The van der Waals surface area contributed by atoms with Gasteiger partial charge in [-0.25, -0.2) is 4.79 Å². The Morgan fingerprint density at radius 3 is 2.89 bits per heavy atom. The molecule has 0 atom stereocenters. The lowest BCUT2D eigenvalue weighted by Gasteiger charge is -2.05. The zero-order valence-electron chi connectivity index (χ0n) is 9.45. The number of carboxylic acid groups (broad SMARTS) is 1. The van der Waals surface area contributed by atoms with Gasteiger partial charge in [-0.1, -0.05) is 35.9 Å². The van der Waals surface area contributed by atoms with Gasteiger partial charge in [0.15, 0.2) is 0 Å². The van der Waals surface area contributed by atoms with E-state index in [1.807, 2.05) is 24.3 Å². The summed E-state index contributed by atoms with van der Waals surface area (Å²) in [5.41, 5.74) is 1.83. The van der Waals surface area contributed by atoms with Crippen molar-refractivity contribution in [1.82, 2.24) is 9.78 Å². The minimum absolute atomic E-state index is 0.548. The van der Waals surface area contributed by atoms with Crippen LogP contribution in [0.4, 0.5) is 0 Å². The van der Waals surface area contributed by atoms with E-state index in [-0.39, 0.29) is 0 Å². The molecular formula is C13H11ClN2O2. The quantitative estimate of drug-likeness (QED) is 0.862. The largest absolute Gasteiger partial charge is 0.478 e. The van der Waals surface area contributed by atoms with Crippen LogP contribution in [-0.4, -0.2) is 20.9 Å². The molecule has 0 saturated heterocycles. The molecule has 1 N–H and O–H groups in total. The van der Waals surface area contributed by atoms with E-state index in [1.165, 1.54) is 0 Å². The Morgan fingerprint density at radius 1 is 1.44 bits per heavy atom. The highest BCUT2D eigenvalue weighted by Gasteiger charge is 2.02. The molecule has 1 heterocycles. The van der Waals surface area contributed by atoms with Crippen molar-refractivity contribution in [3.8, 4) is 0 Å². The number of nitrogens with zero attached hydrogens (tertiary/aromatic N) is 2. The van der Waals surface area contributed by atoms with E-state index >= 15 is 0 Å². The van der Waals surface area contributed by atoms with E-state index in [0.29, 0.717) is 11.6 Å². The van der Waals surface area contributed by atoms with E-state index in [1.54, 1.807) is 23.2 Å². The summed E-state index contributed by atoms with van der Waals surface area (Å²) in [6.07, 6.45) is 5.98. The number of carbonyl (C=O) groups is 1. The van der Waals surface area contributed by atoms with Crippen LogP contribution in [0.2, 0.25) is 5.02 Å². The van der Waals surface area contributed by atoms with E-state index in [2.05, 4.69) is 5.10 Å². The maximum atomic E-state index is 10.5. The zero-order chi connectivity index (χ0) is 13.0. The summed E-state index contributed by atoms with van der Waals surface area (Å²) in [5.74, 6) is -0.966. The van der Waals surface area contributed by atoms with Crippen molar-refractivity contribution >= 4 is 23.6 Å². The molecule has 0 aliphatic heterocycles. The molecule has 1 aromatic heterocycles. The maximum Gasteiger partial charge on any atom is 0.328 e. The first-order chi connectivity index (χ1) is 8.65. The van der Waals surface area contributed by atoms with Crippen LogP contribution in [0, 0.1) is 0 Å². The van der Waals surface area contributed by atoms with E-state index < -0.39 is 5.97 Å². The van der Waals surface area contributed by atoms with Crippen molar-refractivity contribution in [3.63, 3.8) is 0 Å². The highest BCUT2D eigenvalue weighted by atomic mass is 35.5. The van der Waals surface area contributed by atoms with Crippen molar-refractivity contribution in [1.29, 1.82) is 0 Å². The van der Waals surface area contributed by atoms with E-state index in [4.69, 9.17) is 16.7 Å². The lowest BCUT2D eigenvalue weighted by atomic mass is 10.1. The minimum atomic E-state index is -0.966. The summed E-state index contributed by atoms with van der Waals surface area (Å²) in [6.45, 7) is 0.548. The van der Waals surface area contributed by atoms with Gasteiger partial charge in [0.25, 0.3) is 0 Å². The van der Waals surface area contributed by atoms with E-state index in [9.17, 15) is 4.79 Å². The molecule has 0 saturated carbocycles. The van der Waals surface area contributed by atoms with Crippen LogP contribution in [0.1, 0.15) is 11.1 Å². The first-order valence-corrected chi connectivity index (χ1v) is 5.70. The fourth-order valence-electron chi connectivity index (χ4n) is 1.60. The molecule has 0 radical (unpaired) electrons. The molecule has 18 heavy (non-hydrogen) atoms. The predicted molar refractivity (Wildman–Crippen MR) is 69.5 cm³/mol. The van der Waals surface area contributed by atoms with Crippen LogP contribution < -0.4 is 0 Å². The lowest BCUT2D eigenvalue weighted by molar-refractivity contribution is -0.131. The Balaban J connectivity index is 2.24. The van der Waals surface area contributed by atoms with Crippen molar-refractivity contribution in [3.05, 3.63) is 58.9 Å². The summed E-state index contributed by atoms with van der Waals surface area (Å²) >= 11 is 5.79. The van der Waals surface area contributed by atoms with Crippen LogP contribution in [0.5, 0.6) is 0 Å². The van der Waals surface area contributed by atoms with Gasteiger partial charge in [-0.3, -0.25) is 4.68 Å². The smallest absolute Gasteiger partial charge is 0.328 e.